The van der Waals surface area contributed by atoms with Crippen LogP contribution in [0.2, 0.25) is 0 Å². The lowest BCUT2D eigenvalue weighted by molar-refractivity contribution is -0.141. The minimum absolute atomic E-state index is 0.0196. The van der Waals surface area contributed by atoms with Crippen molar-refractivity contribution in [2.45, 2.75) is 45.3 Å². The molecule has 1 aromatic carbocycles. The van der Waals surface area contributed by atoms with Crippen molar-refractivity contribution in [1.82, 2.24) is 14.5 Å². The number of carbonyl (C=O) groups is 1. The van der Waals surface area contributed by atoms with Crippen LogP contribution in [0.3, 0.4) is 0 Å². The number of benzene rings is 1. The zero-order chi connectivity index (χ0) is 20.6. The lowest BCUT2D eigenvalue weighted by Gasteiger charge is -2.45. The van der Waals surface area contributed by atoms with Gasteiger partial charge in [0.15, 0.2) is 0 Å². The summed E-state index contributed by atoms with van der Waals surface area (Å²) in [4.78, 5) is 30.8. The molecule has 7 nitrogen and oxygen atoms in total. The molecule has 7 heteroatoms. The van der Waals surface area contributed by atoms with E-state index in [4.69, 9.17) is 9.47 Å². The molecule has 154 valence electrons. The van der Waals surface area contributed by atoms with Gasteiger partial charge in [0.05, 0.1) is 13.7 Å². The summed E-state index contributed by atoms with van der Waals surface area (Å²) in [5, 5.41) is 0. The molecule has 2 aliphatic rings. The molecule has 1 saturated heterocycles. The highest BCUT2D eigenvalue weighted by molar-refractivity contribution is 5.76. The molecular weight excluding hydrogens is 370 g/mol. The zero-order valence-corrected chi connectivity index (χ0v) is 17.2. The number of hydrogen-bond acceptors (Lipinski definition) is 5. The SMILES string of the molecule is COc1cccc2c1C1(CCN(C(=O)Cn3c(C)cc(C)nc3=O)CC1)OCC2. The van der Waals surface area contributed by atoms with Crippen molar-refractivity contribution >= 4 is 5.91 Å². The van der Waals surface area contributed by atoms with Crippen molar-refractivity contribution in [1.29, 1.82) is 0 Å². The van der Waals surface area contributed by atoms with Crippen LogP contribution in [0.1, 0.15) is 35.4 Å². The normalized spacial score (nSPS) is 17.8. The second-order valence-electron chi connectivity index (χ2n) is 7.88. The fourth-order valence-corrected chi connectivity index (χ4v) is 4.61. The van der Waals surface area contributed by atoms with E-state index in [9.17, 15) is 9.59 Å². The maximum Gasteiger partial charge on any atom is 0.348 e. The Bertz CT molecular complexity index is 976. The number of carbonyl (C=O) groups excluding carboxylic acids is 1. The van der Waals surface area contributed by atoms with Crippen LogP contribution in [0.4, 0.5) is 0 Å². The first-order chi connectivity index (χ1) is 13.9. The summed E-state index contributed by atoms with van der Waals surface area (Å²) in [6.07, 6.45) is 2.30. The van der Waals surface area contributed by atoms with Crippen molar-refractivity contribution in [3.63, 3.8) is 0 Å². The molecule has 3 heterocycles. The first-order valence-electron chi connectivity index (χ1n) is 10.1. The highest BCUT2D eigenvalue weighted by atomic mass is 16.5. The third-order valence-corrected chi connectivity index (χ3v) is 6.10. The number of nitrogens with zero attached hydrogens (tertiary/aromatic N) is 3. The Balaban J connectivity index is 1.51. The summed E-state index contributed by atoms with van der Waals surface area (Å²) in [5.41, 5.74) is 3.03. The largest absolute Gasteiger partial charge is 0.496 e. The number of hydrogen-bond donors (Lipinski definition) is 0. The predicted molar refractivity (Wildman–Crippen MR) is 108 cm³/mol. The van der Waals surface area contributed by atoms with E-state index in [0.717, 1.165) is 23.4 Å². The Morgan fingerprint density at radius 3 is 2.72 bits per heavy atom. The lowest BCUT2D eigenvalue weighted by atomic mass is 9.78. The fraction of sp³-hybridized carbons (Fsp3) is 0.500. The van der Waals surface area contributed by atoms with Crippen LogP contribution in [0.5, 0.6) is 5.75 Å². The molecule has 1 amide bonds. The molecule has 2 aromatic rings. The summed E-state index contributed by atoms with van der Waals surface area (Å²) in [7, 11) is 1.69. The molecule has 0 atom stereocenters. The van der Waals surface area contributed by atoms with Gasteiger partial charge in [-0.1, -0.05) is 12.1 Å². The average Bonchev–Trinajstić information content (AvgIpc) is 2.71. The van der Waals surface area contributed by atoms with Crippen molar-refractivity contribution < 1.29 is 14.3 Å². The van der Waals surface area contributed by atoms with E-state index in [2.05, 4.69) is 11.1 Å². The summed E-state index contributed by atoms with van der Waals surface area (Å²) in [6, 6.07) is 7.95. The van der Waals surface area contributed by atoms with E-state index in [-0.39, 0.29) is 18.1 Å². The van der Waals surface area contributed by atoms with Crippen LogP contribution in [-0.2, 0) is 28.1 Å². The second kappa shape index (κ2) is 7.63. The van der Waals surface area contributed by atoms with Gasteiger partial charge in [0.25, 0.3) is 0 Å². The van der Waals surface area contributed by atoms with Crippen LogP contribution in [-0.4, -0.2) is 47.2 Å². The third-order valence-electron chi connectivity index (χ3n) is 6.10. The Morgan fingerprint density at radius 1 is 1.28 bits per heavy atom. The maximum atomic E-state index is 12.9. The van der Waals surface area contributed by atoms with Gasteiger partial charge in [-0.3, -0.25) is 9.36 Å². The summed E-state index contributed by atoms with van der Waals surface area (Å²) in [5.74, 6) is 0.793. The first-order valence-corrected chi connectivity index (χ1v) is 10.1. The van der Waals surface area contributed by atoms with Gasteiger partial charge >= 0.3 is 5.69 Å². The molecular formula is C22H27N3O4. The molecule has 4 rings (SSSR count). The first kappa shape index (κ1) is 19.6. The van der Waals surface area contributed by atoms with E-state index in [1.807, 2.05) is 30.0 Å². The van der Waals surface area contributed by atoms with E-state index < -0.39 is 5.60 Å². The molecule has 1 spiro atoms. The van der Waals surface area contributed by atoms with Crippen molar-refractivity contribution in [2.24, 2.45) is 0 Å². The predicted octanol–water partition coefficient (Wildman–Crippen LogP) is 1.96. The van der Waals surface area contributed by atoms with Crippen LogP contribution < -0.4 is 10.4 Å². The monoisotopic (exact) mass is 397 g/mol. The number of amides is 1. The van der Waals surface area contributed by atoms with Crippen molar-refractivity contribution in [2.75, 3.05) is 26.8 Å². The van der Waals surface area contributed by atoms with Gasteiger partial charge in [0.1, 0.15) is 17.9 Å². The molecule has 0 unspecified atom stereocenters. The smallest absolute Gasteiger partial charge is 0.348 e. The molecule has 1 fully saturated rings. The number of fused-ring (bicyclic) bond motifs is 2. The summed E-state index contributed by atoms with van der Waals surface area (Å²) < 4.78 is 13.4. The lowest BCUT2D eigenvalue weighted by Crippen LogP contribution is -2.49. The molecule has 0 N–H and O–H groups in total. The van der Waals surface area contributed by atoms with Crippen molar-refractivity contribution in [3.8, 4) is 5.75 Å². The molecule has 1 aromatic heterocycles. The van der Waals surface area contributed by atoms with Gasteiger partial charge in [0, 0.05) is 30.0 Å². The quantitative estimate of drug-likeness (QED) is 0.792. The summed E-state index contributed by atoms with van der Waals surface area (Å²) in [6.45, 7) is 5.48. The van der Waals surface area contributed by atoms with Crippen molar-refractivity contribution in [3.05, 3.63) is 57.3 Å². The molecule has 0 aliphatic carbocycles. The Morgan fingerprint density at radius 2 is 2.03 bits per heavy atom. The van der Waals surface area contributed by atoms with E-state index in [1.165, 1.54) is 10.1 Å². The van der Waals surface area contributed by atoms with Gasteiger partial charge in [-0.15, -0.1) is 0 Å². The van der Waals surface area contributed by atoms with Crippen LogP contribution in [0.25, 0.3) is 0 Å². The maximum absolute atomic E-state index is 12.9. The average molecular weight is 397 g/mol. The van der Waals surface area contributed by atoms with Crippen LogP contribution >= 0.6 is 0 Å². The standard InChI is InChI=1S/C22H27N3O4/c1-15-13-16(2)25(21(27)23-15)14-19(26)24-10-8-22(9-11-24)20-17(7-12-29-22)5-4-6-18(20)28-3/h4-6,13H,7-12,14H2,1-3H3. The van der Waals surface area contributed by atoms with Crippen LogP contribution in [0, 0.1) is 13.8 Å². The van der Waals surface area contributed by atoms with Gasteiger partial charge in [0.2, 0.25) is 5.91 Å². The Kier molecular flexibility index (Phi) is 5.17. The van der Waals surface area contributed by atoms with Gasteiger partial charge in [-0.25, -0.2) is 4.79 Å². The third kappa shape index (κ3) is 3.55. The highest BCUT2D eigenvalue weighted by Crippen LogP contribution is 2.45. The Hall–Kier alpha value is -2.67. The molecule has 0 saturated carbocycles. The topological polar surface area (TPSA) is 73.7 Å². The minimum Gasteiger partial charge on any atom is -0.496 e. The Labute approximate surface area is 170 Å². The van der Waals surface area contributed by atoms with E-state index in [1.54, 1.807) is 14.0 Å². The number of rotatable bonds is 3. The number of aromatic nitrogens is 2. The number of ether oxygens (including phenoxy) is 2. The zero-order valence-electron chi connectivity index (χ0n) is 17.2. The molecule has 29 heavy (non-hydrogen) atoms. The van der Waals surface area contributed by atoms with E-state index in [0.29, 0.717) is 38.2 Å². The number of piperidine rings is 1. The summed E-state index contributed by atoms with van der Waals surface area (Å²) >= 11 is 0. The fourth-order valence-electron chi connectivity index (χ4n) is 4.61. The molecule has 2 aliphatic heterocycles. The molecule has 0 bridgehead atoms. The van der Waals surface area contributed by atoms with Gasteiger partial charge in [-0.2, -0.15) is 4.98 Å². The molecule has 0 radical (unpaired) electrons. The van der Waals surface area contributed by atoms with Gasteiger partial charge in [-0.05, 0) is 50.8 Å². The second-order valence-corrected chi connectivity index (χ2v) is 7.88. The van der Waals surface area contributed by atoms with E-state index >= 15 is 0 Å². The number of aryl methyl sites for hydroxylation is 2. The highest BCUT2D eigenvalue weighted by Gasteiger charge is 2.43. The van der Waals surface area contributed by atoms with Gasteiger partial charge < -0.3 is 14.4 Å². The van der Waals surface area contributed by atoms with Crippen LogP contribution in [0.15, 0.2) is 29.1 Å². The number of likely N-dealkylation sites (tertiary alicyclic amines) is 1. The number of methoxy groups -OCH3 is 1. The minimum atomic E-state index is -0.408.